The molecule has 0 aromatic heterocycles. The van der Waals surface area contributed by atoms with E-state index >= 15 is 0 Å². The molecule has 0 bridgehead atoms. The predicted molar refractivity (Wildman–Crippen MR) is 90.3 cm³/mol. The zero-order valence-corrected chi connectivity index (χ0v) is 13.6. The van der Waals surface area contributed by atoms with Crippen molar-refractivity contribution in [2.75, 3.05) is 27.4 Å². The van der Waals surface area contributed by atoms with Gasteiger partial charge in [-0.15, -0.1) is 0 Å². The second-order valence-corrected chi connectivity index (χ2v) is 5.17. The molecule has 1 heterocycles. The number of benzene rings is 2. The van der Waals surface area contributed by atoms with Crippen molar-refractivity contribution >= 4 is 11.9 Å². The minimum absolute atomic E-state index is 0.109. The van der Waals surface area contributed by atoms with E-state index < -0.39 is 0 Å². The maximum atomic E-state index is 12.3. The van der Waals surface area contributed by atoms with E-state index in [1.54, 1.807) is 44.6 Å². The maximum absolute atomic E-state index is 12.3. The molecule has 0 saturated carbocycles. The number of ether oxygens (including phenoxy) is 4. The maximum Gasteiger partial charge on any atom is 0.185 e. The van der Waals surface area contributed by atoms with Crippen molar-refractivity contribution in [1.29, 1.82) is 0 Å². The Balaban J connectivity index is 1.78. The molecule has 1 aliphatic heterocycles. The van der Waals surface area contributed by atoms with Gasteiger partial charge in [0.15, 0.2) is 28.8 Å². The van der Waals surface area contributed by atoms with Crippen LogP contribution in [0.1, 0.15) is 15.9 Å². The standard InChI is InChI=1S/C19H18O5/c1-21-16-7-4-13(11-18(16)22-2)3-6-15(20)14-5-8-17-19(12-14)24-10-9-23-17/h3-8,11-12H,9-10H2,1-2H3/b6-3+. The first-order valence-corrected chi connectivity index (χ1v) is 7.55. The van der Waals surface area contributed by atoms with E-state index in [-0.39, 0.29) is 5.78 Å². The number of carbonyl (C=O) groups excluding carboxylic acids is 1. The van der Waals surface area contributed by atoms with Crippen LogP contribution in [0.2, 0.25) is 0 Å². The predicted octanol–water partition coefficient (Wildman–Crippen LogP) is 3.37. The summed E-state index contributed by atoms with van der Waals surface area (Å²) in [5, 5.41) is 0. The normalized spacial score (nSPS) is 12.9. The van der Waals surface area contributed by atoms with Gasteiger partial charge in [0.2, 0.25) is 0 Å². The van der Waals surface area contributed by atoms with E-state index in [1.807, 2.05) is 12.1 Å². The van der Waals surface area contributed by atoms with Gasteiger partial charge >= 0.3 is 0 Å². The monoisotopic (exact) mass is 326 g/mol. The van der Waals surface area contributed by atoms with Crippen LogP contribution >= 0.6 is 0 Å². The van der Waals surface area contributed by atoms with Crippen molar-refractivity contribution in [2.24, 2.45) is 0 Å². The van der Waals surface area contributed by atoms with E-state index in [0.29, 0.717) is 41.8 Å². The van der Waals surface area contributed by atoms with Crippen LogP contribution in [0.5, 0.6) is 23.0 Å². The van der Waals surface area contributed by atoms with Crippen molar-refractivity contribution in [3.8, 4) is 23.0 Å². The zero-order valence-electron chi connectivity index (χ0n) is 13.6. The summed E-state index contributed by atoms with van der Waals surface area (Å²) < 4.78 is 21.4. The Kier molecular flexibility index (Phi) is 4.70. The highest BCUT2D eigenvalue weighted by atomic mass is 16.6. The van der Waals surface area contributed by atoms with E-state index in [2.05, 4.69) is 0 Å². The van der Waals surface area contributed by atoms with Crippen LogP contribution in [0.25, 0.3) is 6.08 Å². The van der Waals surface area contributed by atoms with Crippen molar-refractivity contribution in [2.45, 2.75) is 0 Å². The number of hydrogen-bond donors (Lipinski definition) is 0. The first-order valence-electron chi connectivity index (χ1n) is 7.55. The van der Waals surface area contributed by atoms with Gasteiger partial charge in [0, 0.05) is 5.56 Å². The zero-order chi connectivity index (χ0) is 16.9. The van der Waals surface area contributed by atoms with Crippen molar-refractivity contribution in [1.82, 2.24) is 0 Å². The van der Waals surface area contributed by atoms with Gasteiger partial charge in [0.05, 0.1) is 14.2 Å². The van der Waals surface area contributed by atoms with Gasteiger partial charge in [-0.3, -0.25) is 4.79 Å². The highest BCUT2D eigenvalue weighted by molar-refractivity contribution is 6.07. The fraction of sp³-hybridized carbons (Fsp3) is 0.211. The molecule has 0 radical (unpaired) electrons. The lowest BCUT2D eigenvalue weighted by Crippen LogP contribution is -2.15. The van der Waals surface area contributed by atoms with Crippen molar-refractivity contribution in [3.63, 3.8) is 0 Å². The number of rotatable bonds is 5. The van der Waals surface area contributed by atoms with Crippen LogP contribution in [-0.2, 0) is 0 Å². The highest BCUT2D eigenvalue weighted by Crippen LogP contribution is 2.31. The van der Waals surface area contributed by atoms with Gasteiger partial charge in [-0.2, -0.15) is 0 Å². The Labute approximate surface area is 140 Å². The number of hydrogen-bond acceptors (Lipinski definition) is 5. The molecule has 0 saturated heterocycles. The lowest BCUT2D eigenvalue weighted by molar-refractivity contribution is 0.104. The number of methoxy groups -OCH3 is 2. The second kappa shape index (κ2) is 7.08. The van der Waals surface area contributed by atoms with Gasteiger partial charge in [0.1, 0.15) is 13.2 Å². The van der Waals surface area contributed by atoms with Gasteiger partial charge in [-0.1, -0.05) is 12.1 Å². The molecule has 5 nitrogen and oxygen atoms in total. The van der Waals surface area contributed by atoms with E-state index in [1.165, 1.54) is 6.08 Å². The number of fused-ring (bicyclic) bond motifs is 1. The van der Waals surface area contributed by atoms with Gasteiger partial charge in [-0.25, -0.2) is 0 Å². The van der Waals surface area contributed by atoms with Gasteiger partial charge < -0.3 is 18.9 Å². The quantitative estimate of drug-likeness (QED) is 0.623. The Morgan fingerprint density at radius 1 is 0.958 bits per heavy atom. The van der Waals surface area contributed by atoms with E-state index in [0.717, 1.165) is 5.56 Å². The summed E-state index contributed by atoms with van der Waals surface area (Å²) in [6, 6.07) is 10.7. The second-order valence-electron chi connectivity index (χ2n) is 5.17. The van der Waals surface area contributed by atoms with Gasteiger partial charge in [-0.05, 0) is 42.0 Å². The molecular formula is C19H18O5. The minimum Gasteiger partial charge on any atom is -0.493 e. The number of allylic oxidation sites excluding steroid dienone is 1. The summed E-state index contributed by atoms with van der Waals surface area (Å²) in [5.41, 5.74) is 1.40. The Morgan fingerprint density at radius 3 is 2.46 bits per heavy atom. The lowest BCUT2D eigenvalue weighted by atomic mass is 10.1. The van der Waals surface area contributed by atoms with Gasteiger partial charge in [0.25, 0.3) is 0 Å². The summed E-state index contributed by atoms with van der Waals surface area (Å²) in [6.07, 6.45) is 3.26. The van der Waals surface area contributed by atoms with E-state index in [4.69, 9.17) is 18.9 Å². The molecule has 2 aromatic rings. The molecule has 1 aliphatic rings. The van der Waals surface area contributed by atoms with Crippen LogP contribution in [0, 0.1) is 0 Å². The fourth-order valence-corrected chi connectivity index (χ4v) is 2.42. The number of ketones is 1. The third-order valence-corrected chi connectivity index (χ3v) is 3.66. The summed E-state index contributed by atoms with van der Waals surface area (Å²) in [4.78, 5) is 12.3. The van der Waals surface area contributed by atoms with Crippen molar-refractivity contribution in [3.05, 3.63) is 53.6 Å². The highest BCUT2D eigenvalue weighted by Gasteiger charge is 2.13. The SMILES string of the molecule is COc1ccc(/C=C/C(=O)c2ccc3c(c2)OCCO3)cc1OC. The number of carbonyl (C=O) groups is 1. The molecule has 0 unspecified atom stereocenters. The first kappa shape index (κ1) is 15.9. The summed E-state index contributed by atoms with van der Waals surface area (Å²) in [7, 11) is 3.16. The molecule has 0 aliphatic carbocycles. The Hall–Kier alpha value is -2.95. The van der Waals surface area contributed by atoms with Crippen molar-refractivity contribution < 1.29 is 23.7 Å². The molecule has 0 fully saturated rings. The molecule has 0 N–H and O–H groups in total. The Bertz CT molecular complexity index is 779. The third-order valence-electron chi connectivity index (χ3n) is 3.66. The molecule has 3 rings (SSSR count). The first-order chi connectivity index (χ1) is 11.7. The van der Waals surface area contributed by atoms with E-state index in [9.17, 15) is 4.79 Å². The molecule has 0 spiro atoms. The molecule has 124 valence electrons. The minimum atomic E-state index is -0.109. The van der Waals surface area contributed by atoms with Crippen LogP contribution in [0.15, 0.2) is 42.5 Å². The lowest BCUT2D eigenvalue weighted by Gasteiger charge is -2.18. The van der Waals surface area contributed by atoms with Crippen LogP contribution in [0.4, 0.5) is 0 Å². The van der Waals surface area contributed by atoms with Crippen LogP contribution < -0.4 is 18.9 Å². The average molecular weight is 326 g/mol. The van der Waals surface area contributed by atoms with Crippen LogP contribution in [0.3, 0.4) is 0 Å². The molecule has 24 heavy (non-hydrogen) atoms. The molecule has 5 heteroatoms. The average Bonchev–Trinajstić information content (AvgIpc) is 2.65. The topological polar surface area (TPSA) is 54.0 Å². The third kappa shape index (κ3) is 3.35. The largest absolute Gasteiger partial charge is 0.493 e. The smallest absolute Gasteiger partial charge is 0.185 e. The Morgan fingerprint density at radius 2 is 1.71 bits per heavy atom. The summed E-state index contributed by atoms with van der Waals surface area (Å²) >= 11 is 0. The van der Waals surface area contributed by atoms with Crippen LogP contribution in [-0.4, -0.2) is 33.2 Å². The fourth-order valence-electron chi connectivity index (χ4n) is 2.42. The summed E-state index contributed by atoms with van der Waals surface area (Å²) in [6.45, 7) is 1.02. The molecule has 0 amide bonds. The molecular weight excluding hydrogens is 308 g/mol. The molecule has 0 atom stereocenters. The summed E-state index contributed by atoms with van der Waals surface area (Å²) in [5.74, 6) is 2.43. The molecule has 2 aromatic carbocycles.